The Bertz CT molecular complexity index is 508. The maximum atomic E-state index is 11.7. The number of ether oxygens (including phenoxy) is 2. The smallest absolute Gasteiger partial charge is 0.246 e. The van der Waals surface area contributed by atoms with Crippen molar-refractivity contribution in [2.75, 3.05) is 26.4 Å². The fraction of sp³-hybridized carbons (Fsp3) is 0.824. The molecule has 1 N–H and O–H groups in total. The van der Waals surface area contributed by atoms with Gasteiger partial charge in [-0.25, -0.2) is 0 Å². The highest BCUT2D eigenvalue weighted by molar-refractivity contribution is 5.77. The zero-order valence-electron chi connectivity index (χ0n) is 14.2. The minimum absolute atomic E-state index is 0.0689. The third kappa shape index (κ3) is 5.27. The molecule has 1 amide bonds. The van der Waals surface area contributed by atoms with Gasteiger partial charge < -0.3 is 19.3 Å². The quantitative estimate of drug-likeness (QED) is 0.780. The summed E-state index contributed by atoms with van der Waals surface area (Å²) in [5, 5.41) is 6.82. The molecular formula is C17H27N3O4. The largest absolute Gasteiger partial charge is 0.376 e. The Morgan fingerprint density at radius 3 is 2.83 bits per heavy atom. The van der Waals surface area contributed by atoms with Gasteiger partial charge in [-0.3, -0.25) is 4.79 Å². The Morgan fingerprint density at radius 1 is 1.21 bits per heavy atom. The van der Waals surface area contributed by atoms with E-state index in [0.29, 0.717) is 31.3 Å². The van der Waals surface area contributed by atoms with Gasteiger partial charge in [0, 0.05) is 25.5 Å². The number of hydrogen-bond acceptors (Lipinski definition) is 6. The van der Waals surface area contributed by atoms with Crippen LogP contribution in [-0.4, -0.2) is 48.5 Å². The van der Waals surface area contributed by atoms with Gasteiger partial charge in [-0.2, -0.15) is 4.98 Å². The highest BCUT2D eigenvalue weighted by Crippen LogP contribution is 2.32. The first-order valence-electron chi connectivity index (χ1n) is 9.10. The van der Waals surface area contributed by atoms with E-state index in [1.165, 1.54) is 19.3 Å². The number of carbonyl (C=O) groups excluding carboxylic acids is 1. The molecule has 2 aliphatic rings. The van der Waals surface area contributed by atoms with Crippen molar-refractivity contribution < 1.29 is 18.8 Å². The van der Waals surface area contributed by atoms with Crippen LogP contribution < -0.4 is 5.32 Å². The lowest BCUT2D eigenvalue weighted by atomic mass is 10.1. The molecule has 2 heterocycles. The molecule has 1 saturated heterocycles. The van der Waals surface area contributed by atoms with Gasteiger partial charge in [0.25, 0.3) is 0 Å². The maximum absolute atomic E-state index is 11.7. The third-order valence-electron chi connectivity index (χ3n) is 4.67. The molecule has 134 valence electrons. The average molecular weight is 337 g/mol. The predicted octanol–water partition coefficient (Wildman–Crippen LogP) is 1.97. The molecule has 7 nitrogen and oxygen atoms in total. The summed E-state index contributed by atoms with van der Waals surface area (Å²) in [7, 11) is 0. The lowest BCUT2D eigenvalue weighted by Gasteiger charge is -2.22. The van der Waals surface area contributed by atoms with Gasteiger partial charge in [0.15, 0.2) is 5.82 Å². The van der Waals surface area contributed by atoms with E-state index in [4.69, 9.17) is 14.0 Å². The molecule has 1 aromatic heterocycles. The molecule has 24 heavy (non-hydrogen) atoms. The van der Waals surface area contributed by atoms with E-state index >= 15 is 0 Å². The second-order valence-electron chi connectivity index (χ2n) is 6.63. The van der Waals surface area contributed by atoms with E-state index < -0.39 is 0 Å². The number of aromatic nitrogens is 2. The van der Waals surface area contributed by atoms with Crippen LogP contribution in [0.1, 0.15) is 62.6 Å². The molecule has 7 heteroatoms. The summed E-state index contributed by atoms with van der Waals surface area (Å²) in [5.74, 6) is 1.72. The van der Waals surface area contributed by atoms with Crippen LogP contribution >= 0.6 is 0 Å². The van der Waals surface area contributed by atoms with E-state index in [1.54, 1.807) is 0 Å². The molecule has 1 saturated carbocycles. The van der Waals surface area contributed by atoms with Crippen LogP contribution in [0.4, 0.5) is 0 Å². The first kappa shape index (κ1) is 17.4. The van der Waals surface area contributed by atoms with Crippen LogP contribution in [0.5, 0.6) is 0 Å². The second-order valence-corrected chi connectivity index (χ2v) is 6.63. The summed E-state index contributed by atoms with van der Waals surface area (Å²) in [5.41, 5.74) is 0. The summed E-state index contributed by atoms with van der Waals surface area (Å²) < 4.78 is 16.3. The summed E-state index contributed by atoms with van der Waals surface area (Å²) in [4.78, 5) is 16.2. The van der Waals surface area contributed by atoms with E-state index in [9.17, 15) is 4.79 Å². The number of nitrogens with zero attached hydrogens (tertiary/aromatic N) is 2. The topological polar surface area (TPSA) is 86.5 Å². The molecule has 0 radical (unpaired) electrons. The fourth-order valence-corrected chi connectivity index (χ4v) is 3.29. The second kappa shape index (κ2) is 9.13. The summed E-state index contributed by atoms with van der Waals surface area (Å²) in [6, 6.07) is 0. The van der Waals surface area contributed by atoms with Gasteiger partial charge in [0.2, 0.25) is 11.8 Å². The minimum Gasteiger partial charge on any atom is -0.376 e. The van der Waals surface area contributed by atoms with Crippen LogP contribution in [0.15, 0.2) is 4.52 Å². The molecule has 0 spiro atoms. The van der Waals surface area contributed by atoms with Crippen LogP contribution in [-0.2, 0) is 20.7 Å². The number of amides is 1. The zero-order valence-corrected chi connectivity index (χ0v) is 14.2. The van der Waals surface area contributed by atoms with Gasteiger partial charge in [-0.15, -0.1) is 0 Å². The molecular weight excluding hydrogens is 310 g/mol. The Balaban J connectivity index is 1.27. The average Bonchev–Trinajstić information content (AvgIpc) is 3.27. The number of nitrogens with one attached hydrogen (secondary N) is 1. The van der Waals surface area contributed by atoms with Crippen molar-refractivity contribution >= 4 is 5.91 Å². The Hall–Kier alpha value is -1.47. The number of hydrogen-bond donors (Lipinski definition) is 1. The Labute approximate surface area is 142 Å². The van der Waals surface area contributed by atoms with Crippen LogP contribution in [0.3, 0.4) is 0 Å². The summed E-state index contributed by atoms with van der Waals surface area (Å²) in [6.07, 6.45) is 8.79. The standard InChI is InChI=1S/C17H27N3O4/c21-16(12-22-11-14-7-3-4-10-23-14)18-9-8-15-19-17(24-20-15)13-5-1-2-6-13/h13-14H,1-12H2,(H,18,21)/t14-/m1/s1. The van der Waals surface area contributed by atoms with E-state index in [-0.39, 0.29) is 18.6 Å². The molecule has 0 aromatic carbocycles. The van der Waals surface area contributed by atoms with E-state index in [0.717, 1.165) is 38.2 Å². The molecule has 2 fully saturated rings. The lowest BCUT2D eigenvalue weighted by Crippen LogP contribution is -2.32. The van der Waals surface area contributed by atoms with Crippen molar-refractivity contribution in [1.29, 1.82) is 0 Å². The number of rotatable bonds is 8. The van der Waals surface area contributed by atoms with Crippen molar-refractivity contribution in [2.45, 2.75) is 63.4 Å². The van der Waals surface area contributed by atoms with Crippen molar-refractivity contribution in [3.05, 3.63) is 11.7 Å². The van der Waals surface area contributed by atoms with Gasteiger partial charge in [-0.05, 0) is 32.1 Å². The lowest BCUT2D eigenvalue weighted by molar-refractivity contribution is -0.127. The number of carbonyl (C=O) groups is 1. The molecule has 1 aliphatic carbocycles. The van der Waals surface area contributed by atoms with Crippen molar-refractivity contribution in [3.63, 3.8) is 0 Å². The van der Waals surface area contributed by atoms with E-state index in [1.807, 2.05) is 0 Å². The van der Waals surface area contributed by atoms with Crippen molar-refractivity contribution in [1.82, 2.24) is 15.5 Å². The molecule has 3 rings (SSSR count). The molecule has 1 aromatic rings. The van der Waals surface area contributed by atoms with Crippen molar-refractivity contribution in [2.24, 2.45) is 0 Å². The first-order chi connectivity index (χ1) is 11.8. The summed E-state index contributed by atoms with van der Waals surface area (Å²) >= 11 is 0. The SMILES string of the molecule is O=C(COC[C@H]1CCCCO1)NCCc1noc(C2CCCC2)n1. The minimum atomic E-state index is -0.120. The predicted molar refractivity (Wildman–Crippen MR) is 86.6 cm³/mol. The molecule has 1 aliphatic heterocycles. The highest BCUT2D eigenvalue weighted by atomic mass is 16.5. The first-order valence-corrected chi connectivity index (χ1v) is 9.10. The third-order valence-corrected chi connectivity index (χ3v) is 4.67. The van der Waals surface area contributed by atoms with Gasteiger partial charge in [0.05, 0.1) is 12.7 Å². The Morgan fingerprint density at radius 2 is 2.04 bits per heavy atom. The zero-order chi connectivity index (χ0) is 16.6. The Kier molecular flexibility index (Phi) is 6.60. The monoisotopic (exact) mass is 337 g/mol. The van der Waals surface area contributed by atoms with Crippen LogP contribution in [0, 0.1) is 0 Å². The molecule has 0 bridgehead atoms. The normalized spacial score (nSPS) is 21.9. The maximum Gasteiger partial charge on any atom is 0.246 e. The fourth-order valence-electron chi connectivity index (χ4n) is 3.29. The van der Waals surface area contributed by atoms with Gasteiger partial charge >= 0.3 is 0 Å². The van der Waals surface area contributed by atoms with E-state index in [2.05, 4.69) is 15.5 Å². The van der Waals surface area contributed by atoms with Crippen LogP contribution in [0.25, 0.3) is 0 Å². The van der Waals surface area contributed by atoms with Crippen LogP contribution in [0.2, 0.25) is 0 Å². The molecule has 0 unspecified atom stereocenters. The van der Waals surface area contributed by atoms with Crippen molar-refractivity contribution in [3.8, 4) is 0 Å². The highest BCUT2D eigenvalue weighted by Gasteiger charge is 2.22. The van der Waals surface area contributed by atoms with Gasteiger partial charge in [-0.1, -0.05) is 18.0 Å². The summed E-state index contributed by atoms with van der Waals surface area (Å²) in [6.45, 7) is 1.85. The molecule has 1 atom stereocenters. The van der Waals surface area contributed by atoms with Gasteiger partial charge in [0.1, 0.15) is 6.61 Å².